The lowest BCUT2D eigenvalue weighted by atomic mass is 9.94. The van der Waals surface area contributed by atoms with Gasteiger partial charge >= 0.3 is 0 Å². The Balaban J connectivity index is 1.90. The Morgan fingerprint density at radius 3 is 3.24 bits per heavy atom. The maximum Gasteiger partial charge on any atom is 0.0704 e. The lowest BCUT2D eigenvalue weighted by Gasteiger charge is -2.24. The summed E-state index contributed by atoms with van der Waals surface area (Å²) in [5.74, 6) is 0. The van der Waals surface area contributed by atoms with Crippen LogP contribution in [0.1, 0.15) is 49.1 Å². The van der Waals surface area contributed by atoms with E-state index >= 15 is 0 Å². The summed E-state index contributed by atoms with van der Waals surface area (Å²) in [6.07, 6.45) is 5.27. The fourth-order valence-corrected chi connectivity index (χ4v) is 4.18. The van der Waals surface area contributed by atoms with Gasteiger partial charge in [0.2, 0.25) is 0 Å². The van der Waals surface area contributed by atoms with E-state index in [1.54, 1.807) is 0 Å². The van der Waals surface area contributed by atoms with Gasteiger partial charge in [-0.1, -0.05) is 6.92 Å². The quantitative estimate of drug-likeness (QED) is 0.869. The zero-order valence-electron chi connectivity index (χ0n) is 10.2. The number of aryl methyl sites for hydroxylation is 1. The van der Waals surface area contributed by atoms with Crippen LogP contribution in [0, 0.1) is 0 Å². The summed E-state index contributed by atoms with van der Waals surface area (Å²) in [7, 11) is 0. The highest BCUT2D eigenvalue weighted by molar-refractivity contribution is 9.11. The molecule has 2 rings (SSSR count). The van der Waals surface area contributed by atoms with Crippen molar-refractivity contribution in [3.8, 4) is 0 Å². The molecule has 0 fully saturated rings. The molecule has 0 aliphatic heterocycles. The van der Waals surface area contributed by atoms with E-state index in [9.17, 15) is 5.11 Å². The van der Waals surface area contributed by atoms with Crippen molar-refractivity contribution < 1.29 is 5.11 Å². The SMILES string of the molecule is CCC(O)CCNC1CCCc2sc(Br)cc21. The summed E-state index contributed by atoms with van der Waals surface area (Å²) in [6.45, 7) is 2.94. The van der Waals surface area contributed by atoms with Crippen molar-refractivity contribution in [3.63, 3.8) is 0 Å². The molecule has 1 aromatic rings. The maximum absolute atomic E-state index is 9.54. The number of fused-ring (bicyclic) bond motifs is 1. The van der Waals surface area contributed by atoms with Crippen LogP contribution in [0.15, 0.2) is 9.85 Å². The van der Waals surface area contributed by atoms with E-state index < -0.39 is 0 Å². The van der Waals surface area contributed by atoms with Crippen molar-refractivity contribution in [2.45, 2.75) is 51.2 Å². The zero-order valence-corrected chi connectivity index (χ0v) is 12.6. The predicted octanol–water partition coefficient (Wildman–Crippen LogP) is 3.64. The van der Waals surface area contributed by atoms with Gasteiger partial charge in [-0.05, 0) is 66.2 Å². The highest BCUT2D eigenvalue weighted by Crippen LogP contribution is 2.37. The Kier molecular flexibility index (Phi) is 5.03. The molecule has 17 heavy (non-hydrogen) atoms. The molecule has 0 saturated carbocycles. The first-order valence-corrected chi connectivity index (χ1v) is 8.01. The Morgan fingerprint density at radius 2 is 2.47 bits per heavy atom. The van der Waals surface area contributed by atoms with Gasteiger partial charge in [-0.3, -0.25) is 0 Å². The molecule has 0 aromatic carbocycles. The van der Waals surface area contributed by atoms with Crippen LogP contribution in [0.2, 0.25) is 0 Å². The number of halogens is 1. The van der Waals surface area contributed by atoms with Gasteiger partial charge in [-0.25, -0.2) is 0 Å². The average Bonchev–Trinajstić information content (AvgIpc) is 2.70. The van der Waals surface area contributed by atoms with Gasteiger partial charge in [0.25, 0.3) is 0 Å². The molecular formula is C13H20BrNOS. The molecule has 2 unspecified atom stereocenters. The second-order valence-corrected chi connectivity index (χ2v) is 7.19. The van der Waals surface area contributed by atoms with Crippen LogP contribution in [0.5, 0.6) is 0 Å². The van der Waals surface area contributed by atoms with Crippen LogP contribution in [-0.4, -0.2) is 17.8 Å². The molecule has 4 heteroatoms. The van der Waals surface area contributed by atoms with Gasteiger partial charge < -0.3 is 10.4 Å². The molecule has 0 saturated heterocycles. The van der Waals surface area contributed by atoms with E-state index in [2.05, 4.69) is 27.3 Å². The fourth-order valence-electron chi connectivity index (χ4n) is 2.36. The number of thiophene rings is 1. The van der Waals surface area contributed by atoms with Gasteiger partial charge in [0.05, 0.1) is 9.89 Å². The van der Waals surface area contributed by atoms with Crippen LogP contribution >= 0.6 is 27.3 Å². The van der Waals surface area contributed by atoms with Crippen molar-refractivity contribution in [2.24, 2.45) is 0 Å². The molecule has 2 atom stereocenters. The highest BCUT2D eigenvalue weighted by Gasteiger charge is 2.22. The van der Waals surface area contributed by atoms with Crippen molar-refractivity contribution in [3.05, 3.63) is 20.3 Å². The maximum atomic E-state index is 9.54. The summed E-state index contributed by atoms with van der Waals surface area (Å²) in [5, 5.41) is 13.1. The van der Waals surface area contributed by atoms with Crippen LogP contribution < -0.4 is 5.32 Å². The van der Waals surface area contributed by atoms with Gasteiger partial charge in [0.15, 0.2) is 0 Å². The monoisotopic (exact) mass is 317 g/mol. The fraction of sp³-hybridized carbons (Fsp3) is 0.692. The van der Waals surface area contributed by atoms with Crippen molar-refractivity contribution in [1.29, 1.82) is 0 Å². The van der Waals surface area contributed by atoms with E-state index in [0.29, 0.717) is 6.04 Å². The standard InChI is InChI=1S/C13H20BrNOS/c1-2-9(16)6-7-15-11-4-3-5-12-10(11)8-13(14)17-12/h8-9,11,15-16H,2-7H2,1H3. The molecule has 0 spiro atoms. The number of aliphatic hydroxyl groups excluding tert-OH is 1. The summed E-state index contributed by atoms with van der Waals surface area (Å²) in [4.78, 5) is 1.52. The molecule has 1 aliphatic carbocycles. The Labute approximate surface area is 116 Å². The molecule has 1 aromatic heterocycles. The third-order valence-corrected chi connectivity index (χ3v) is 5.14. The summed E-state index contributed by atoms with van der Waals surface area (Å²) < 4.78 is 1.24. The van der Waals surface area contributed by atoms with Crippen LogP contribution in [0.25, 0.3) is 0 Å². The molecule has 2 nitrogen and oxygen atoms in total. The van der Waals surface area contributed by atoms with Crippen LogP contribution in [0.4, 0.5) is 0 Å². The Morgan fingerprint density at radius 1 is 1.65 bits per heavy atom. The zero-order chi connectivity index (χ0) is 12.3. The first-order chi connectivity index (χ1) is 8.20. The third kappa shape index (κ3) is 3.53. The number of nitrogens with one attached hydrogen (secondary N) is 1. The molecule has 2 N–H and O–H groups in total. The average molecular weight is 318 g/mol. The molecule has 1 heterocycles. The number of hydrogen-bond acceptors (Lipinski definition) is 3. The van der Waals surface area contributed by atoms with E-state index in [1.807, 2.05) is 18.3 Å². The molecule has 0 bridgehead atoms. The predicted molar refractivity (Wildman–Crippen MR) is 76.6 cm³/mol. The van der Waals surface area contributed by atoms with Crippen molar-refractivity contribution in [1.82, 2.24) is 5.32 Å². The van der Waals surface area contributed by atoms with Gasteiger partial charge in [0.1, 0.15) is 0 Å². The second-order valence-electron chi connectivity index (χ2n) is 4.68. The minimum atomic E-state index is -0.153. The topological polar surface area (TPSA) is 32.3 Å². The third-order valence-electron chi connectivity index (χ3n) is 3.42. The number of aliphatic hydroxyl groups is 1. The van der Waals surface area contributed by atoms with Crippen LogP contribution in [0.3, 0.4) is 0 Å². The minimum Gasteiger partial charge on any atom is -0.393 e. The summed E-state index contributed by atoms with van der Waals surface area (Å²) in [5.41, 5.74) is 1.47. The van der Waals surface area contributed by atoms with Gasteiger partial charge in [-0.2, -0.15) is 0 Å². The number of rotatable bonds is 5. The van der Waals surface area contributed by atoms with Gasteiger partial charge in [0, 0.05) is 10.9 Å². The summed E-state index contributed by atoms with van der Waals surface area (Å²) >= 11 is 5.44. The second kappa shape index (κ2) is 6.32. The molecule has 0 radical (unpaired) electrons. The van der Waals surface area contributed by atoms with Crippen LogP contribution in [-0.2, 0) is 6.42 Å². The molecular weight excluding hydrogens is 298 g/mol. The molecule has 0 amide bonds. The molecule has 1 aliphatic rings. The first-order valence-electron chi connectivity index (χ1n) is 6.40. The van der Waals surface area contributed by atoms with E-state index in [-0.39, 0.29) is 6.10 Å². The van der Waals surface area contributed by atoms with E-state index in [4.69, 9.17) is 0 Å². The Bertz CT molecular complexity index is 366. The highest BCUT2D eigenvalue weighted by atomic mass is 79.9. The van der Waals surface area contributed by atoms with Gasteiger partial charge in [-0.15, -0.1) is 11.3 Å². The summed E-state index contributed by atoms with van der Waals surface area (Å²) in [6, 6.07) is 2.75. The largest absolute Gasteiger partial charge is 0.393 e. The lowest BCUT2D eigenvalue weighted by Crippen LogP contribution is -2.27. The van der Waals surface area contributed by atoms with E-state index in [0.717, 1.165) is 19.4 Å². The smallest absolute Gasteiger partial charge is 0.0704 e. The van der Waals surface area contributed by atoms with Crippen molar-refractivity contribution >= 4 is 27.3 Å². The van der Waals surface area contributed by atoms with Crippen molar-refractivity contribution in [2.75, 3.05) is 6.54 Å². The minimum absolute atomic E-state index is 0.153. The Hall–Kier alpha value is 0.100. The molecule has 96 valence electrons. The van der Waals surface area contributed by atoms with E-state index in [1.165, 1.54) is 33.5 Å². The lowest BCUT2D eigenvalue weighted by molar-refractivity contribution is 0.158. The number of hydrogen-bond donors (Lipinski definition) is 2. The normalized spacial score (nSPS) is 21.2. The first kappa shape index (κ1) is 13.5.